The maximum absolute atomic E-state index is 13.8. The molecular formula is C28H29N5O6S2. The van der Waals surface area contributed by atoms with Crippen molar-refractivity contribution >= 4 is 45.9 Å². The smallest absolute Gasteiger partial charge is 0.325 e. The van der Waals surface area contributed by atoms with Crippen LogP contribution in [-0.2, 0) is 20.3 Å². The van der Waals surface area contributed by atoms with E-state index in [0.29, 0.717) is 42.0 Å². The van der Waals surface area contributed by atoms with Gasteiger partial charge in [-0.05, 0) is 37.1 Å². The van der Waals surface area contributed by atoms with E-state index >= 15 is 0 Å². The number of nitrogens with one attached hydrogen (secondary N) is 4. The lowest BCUT2D eigenvalue weighted by Gasteiger charge is -2.26. The number of ether oxygens (including phenoxy) is 3. The number of anilines is 1. The number of hydrogen-bond donors (Lipinski definition) is 4. The molecule has 4 heterocycles. The van der Waals surface area contributed by atoms with E-state index in [-0.39, 0.29) is 18.6 Å². The van der Waals surface area contributed by atoms with Crippen molar-refractivity contribution < 1.29 is 28.0 Å². The maximum Gasteiger partial charge on any atom is 0.325 e. The summed E-state index contributed by atoms with van der Waals surface area (Å²) in [6.07, 6.45) is 0. The highest BCUT2D eigenvalue weighted by Crippen LogP contribution is 2.40. The molecule has 3 amide bonds. The van der Waals surface area contributed by atoms with Crippen molar-refractivity contribution in [1.29, 1.82) is 0 Å². The van der Waals surface area contributed by atoms with Gasteiger partial charge in [-0.1, -0.05) is 24.3 Å². The number of hydrogen-bond acceptors (Lipinski definition) is 10. The molecule has 214 valence electrons. The summed E-state index contributed by atoms with van der Waals surface area (Å²) in [6.45, 7) is 5.86. The van der Waals surface area contributed by atoms with Crippen LogP contribution in [0.1, 0.15) is 18.1 Å². The van der Waals surface area contributed by atoms with Gasteiger partial charge < -0.3 is 30.2 Å². The van der Waals surface area contributed by atoms with Gasteiger partial charge in [0.2, 0.25) is 12.7 Å². The van der Waals surface area contributed by atoms with E-state index in [0.717, 1.165) is 32.9 Å². The van der Waals surface area contributed by atoms with Crippen molar-refractivity contribution in [2.45, 2.75) is 25.4 Å². The molecule has 0 saturated carbocycles. The van der Waals surface area contributed by atoms with Crippen LogP contribution in [0.5, 0.6) is 11.5 Å². The zero-order valence-corrected chi connectivity index (χ0v) is 24.1. The van der Waals surface area contributed by atoms with E-state index < -0.39 is 28.2 Å². The number of carbonyl (C=O) groups excluding carboxylic acids is 2. The van der Waals surface area contributed by atoms with Crippen LogP contribution >= 0.6 is 11.8 Å². The molecule has 0 bridgehead atoms. The fourth-order valence-electron chi connectivity index (χ4n) is 5.07. The summed E-state index contributed by atoms with van der Waals surface area (Å²) in [6, 6.07) is 12.1. The van der Waals surface area contributed by atoms with E-state index in [2.05, 4.69) is 21.3 Å². The van der Waals surface area contributed by atoms with E-state index in [4.69, 9.17) is 19.2 Å². The SMILES string of the molecule is CC1=C(C2COCCN2)S(=O)C2=C1C(c1ccccc1C)=NC(SCC(=O)NC(=O)Nc1ccc3c(c1)OCO3)N2. The van der Waals surface area contributed by atoms with Gasteiger partial charge in [-0.15, -0.1) is 11.8 Å². The second-order valence-corrected chi connectivity index (χ2v) is 12.2. The van der Waals surface area contributed by atoms with Gasteiger partial charge in [0.1, 0.15) is 5.03 Å². The first-order chi connectivity index (χ1) is 19.9. The van der Waals surface area contributed by atoms with Crippen molar-refractivity contribution in [1.82, 2.24) is 16.0 Å². The first-order valence-corrected chi connectivity index (χ1v) is 15.3. The summed E-state index contributed by atoms with van der Waals surface area (Å²) in [4.78, 5) is 30.8. The van der Waals surface area contributed by atoms with Gasteiger partial charge in [0.05, 0.1) is 41.5 Å². The molecule has 3 atom stereocenters. The summed E-state index contributed by atoms with van der Waals surface area (Å²) < 4.78 is 30.1. The third kappa shape index (κ3) is 5.62. The third-order valence-corrected chi connectivity index (χ3v) is 9.64. The number of allylic oxidation sites excluding steroid dienone is 2. The average molecular weight is 596 g/mol. The molecule has 3 unspecified atom stereocenters. The molecular weight excluding hydrogens is 566 g/mol. The lowest BCUT2D eigenvalue weighted by atomic mass is 9.93. The van der Waals surface area contributed by atoms with Gasteiger partial charge in [-0.3, -0.25) is 10.1 Å². The number of imide groups is 1. The van der Waals surface area contributed by atoms with Crippen molar-refractivity contribution in [3.63, 3.8) is 0 Å². The van der Waals surface area contributed by atoms with Crippen molar-refractivity contribution in [2.75, 3.05) is 37.6 Å². The van der Waals surface area contributed by atoms with Crippen LogP contribution in [0.2, 0.25) is 0 Å². The number of aliphatic imine (C=N–C) groups is 1. The topological polar surface area (TPSA) is 139 Å². The summed E-state index contributed by atoms with van der Waals surface area (Å²) in [7, 11) is -1.45. The van der Waals surface area contributed by atoms with E-state index in [1.54, 1.807) is 18.2 Å². The molecule has 0 aliphatic carbocycles. The molecule has 41 heavy (non-hydrogen) atoms. The molecule has 0 spiro atoms. The summed E-state index contributed by atoms with van der Waals surface area (Å²) in [5.74, 6) is 0.571. The zero-order chi connectivity index (χ0) is 28.5. The number of nitrogens with zero attached hydrogens (tertiary/aromatic N) is 1. The maximum atomic E-state index is 13.8. The second kappa shape index (κ2) is 11.7. The van der Waals surface area contributed by atoms with Crippen LogP contribution in [0.25, 0.3) is 0 Å². The molecule has 0 aromatic heterocycles. The minimum Gasteiger partial charge on any atom is -0.454 e. The number of fused-ring (bicyclic) bond motifs is 1. The number of morpholine rings is 1. The Morgan fingerprint density at radius 1 is 1.15 bits per heavy atom. The first-order valence-electron chi connectivity index (χ1n) is 13.1. The Bertz CT molecular complexity index is 1530. The van der Waals surface area contributed by atoms with Crippen molar-refractivity contribution in [3.8, 4) is 11.5 Å². The summed E-state index contributed by atoms with van der Waals surface area (Å²) >= 11 is 1.21. The molecule has 2 aromatic rings. The summed E-state index contributed by atoms with van der Waals surface area (Å²) in [5.41, 5.74) is 4.32. The predicted octanol–water partition coefficient (Wildman–Crippen LogP) is 2.72. The Kier molecular flexibility index (Phi) is 7.84. The average Bonchev–Trinajstić information content (AvgIpc) is 3.54. The first kappa shape index (κ1) is 27.5. The van der Waals surface area contributed by atoms with Gasteiger partial charge in [-0.2, -0.15) is 0 Å². The number of amides is 3. The Hall–Kier alpha value is -3.65. The summed E-state index contributed by atoms with van der Waals surface area (Å²) in [5, 5.41) is 12.3. The molecule has 11 nitrogen and oxygen atoms in total. The van der Waals surface area contributed by atoms with E-state index in [9.17, 15) is 13.8 Å². The van der Waals surface area contributed by atoms with Gasteiger partial charge in [0, 0.05) is 34.3 Å². The molecule has 1 fully saturated rings. The lowest BCUT2D eigenvalue weighted by molar-refractivity contribution is -0.117. The highest BCUT2D eigenvalue weighted by atomic mass is 32.2. The normalized spacial score (nSPS) is 23.1. The number of rotatable bonds is 6. The number of aryl methyl sites for hydroxylation is 1. The predicted molar refractivity (Wildman–Crippen MR) is 157 cm³/mol. The highest BCUT2D eigenvalue weighted by Gasteiger charge is 2.40. The van der Waals surface area contributed by atoms with Gasteiger partial charge in [0.15, 0.2) is 17.0 Å². The number of benzene rings is 2. The minimum atomic E-state index is -1.45. The molecule has 6 rings (SSSR count). The van der Waals surface area contributed by atoms with Crippen LogP contribution in [-0.4, -0.2) is 65.7 Å². The number of thioether (sulfide) groups is 1. The Morgan fingerprint density at radius 3 is 2.78 bits per heavy atom. The fourth-order valence-corrected chi connectivity index (χ4v) is 7.57. The Morgan fingerprint density at radius 2 is 1.98 bits per heavy atom. The highest BCUT2D eigenvalue weighted by molar-refractivity contribution is 8.00. The number of carbonyl (C=O) groups is 2. The molecule has 1 saturated heterocycles. The minimum absolute atomic E-state index is 0.0523. The van der Waals surface area contributed by atoms with Crippen molar-refractivity contribution in [2.24, 2.45) is 4.99 Å². The van der Waals surface area contributed by atoms with E-state index in [1.807, 2.05) is 38.1 Å². The quantitative estimate of drug-likeness (QED) is 0.397. The molecule has 4 N–H and O–H groups in total. The van der Waals surface area contributed by atoms with Crippen LogP contribution in [0.4, 0.5) is 10.5 Å². The van der Waals surface area contributed by atoms with Crippen LogP contribution in [0, 0.1) is 6.92 Å². The molecule has 13 heteroatoms. The van der Waals surface area contributed by atoms with Crippen LogP contribution in [0.3, 0.4) is 0 Å². The standard InChI is InChI=1S/C28H29N5O6S2/c1-15-5-3-4-6-18(15)24-23-16(2)25(19-12-37-10-9-29-19)41(36)26(23)33-28(32-24)40-13-22(34)31-27(35)30-17-7-8-20-21(11-17)39-14-38-20/h3-8,11,19,28-29,33H,9-10,12-14H2,1-2H3,(H2,30,31,34,35). The molecule has 4 aliphatic rings. The monoisotopic (exact) mass is 595 g/mol. The van der Waals surface area contributed by atoms with Crippen LogP contribution in [0.15, 0.2) is 68.5 Å². The molecule has 0 radical (unpaired) electrons. The molecule has 2 aromatic carbocycles. The Balaban J connectivity index is 1.16. The van der Waals surface area contributed by atoms with Crippen molar-refractivity contribution in [3.05, 3.63) is 74.7 Å². The largest absolute Gasteiger partial charge is 0.454 e. The van der Waals surface area contributed by atoms with E-state index in [1.165, 1.54) is 11.8 Å². The third-order valence-electron chi connectivity index (χ3n) is 6.99. The van der Waals surface area contributed by atoms with Gasteiger partial charge >= 0.3 is 6.03 Å². The second-order valence-electron chi connectivity index (χ2n) is 9.71. The zero-order valence-electron chi connectivity index (χ0n) is 22.4. The molecule has 4 aliphatic heterocycles. The van der Waals surface area contributed by atoms with Gasteiger partial charge in [-0.25, -0.2) is 14.0 Å². The van der Waals surface area contributed by atoms with Crippen LogP contribution < -0.4 is 30.7 Å². The number of urea groups is 1. The van der Waals surface area contributed by atoms with Gasteiger partial charge in [0.25, 0.3) is 0 Å². The fraction of sp³-hybridized carbons (Fsp3) is 0.321. The lowest BCUT2D eigenvalue weighted by Crippen LogP contribution is -2.43. The Labute approximate surface area is 243 Å².